The summed E-state index contributed by atoms with van der Waals surface area (Å²) in [7, 11) is 1.30. The lowest BCUT2D eigenvalue weighted by atomic mass is 10.0. The third kappa shape index (κ3) is 2.34. The minimum Gasteiger partial charge on any atom is -0.495 e. The average molecular weight is 255 g/mol. The number of alkyl halides is 1. The molecule has 0 spiro atoms. The van der Waals surface area contributed by atoms with Crippen molar-refractivity contribution in [2.45, 2.75) is 0 Å². The number of carbonyl (C=O) groups is 1. The number of methoxy groups -OCH3 is 1. The number of nitriles is 1. The Balaban J connectivity index is 3.63. The first-order valence-corrected chi connectivity index (χ1v) is 4.94. The molecular weight excluding hydrogens is 248 g/mol. The molecule has 17 heavy (non-hydrogen) atoms. The van der Waals surface area contributed by atoms with Gasteiger partial charge in [-0.1, -0.05) is 0 Å². The second-order valence-electron chi connectivity index (χ2n) is 2.96. The number of Topliss-reactive ketones (excluding diaryl/α,β-unsaturated/α-hetero) is 1. The molecule has 6 nitrogen and oxygen atoms in total. The maximum Gasteiger partial charge on any atom is 0.281 e. The van der Waals surface area contributed by atoms with E-state index in [0.717, 1.165) is 6.07 Å². The quantitative estimate of drug-likeness (QED) is 0.354. The number of ether oxygens (including phenoxy) is 1. The number of nitro benzene ring substituents is 1. The fourth-order valence-corrected chi connectivity index (χ4v) is 1.49. The van der Waals surface area contributed by atoms with Crippen molar-refractivity contribution in [3.8, 4) is 11.8 Å². The van der Waals surface area contributed by atoms with E-state index in [1.54, 1.807) is 6.07 Å². The molecule has 1 rings (SSSR count). The van der Waals surface area contributed by atoms with Crippen LogP contribution in [0, 0.1) is 21.4 Å². The highest BCUT2D eigenvalue weighted by Crippen LogP contribution is 2.30. The van der Waals surface area contributed by atoms with Gasteiger partial charge in [0.1, 0.15) is 22.9 Å². The molecule has 1 aromatic carbocycles. The predicted octanol–water partition coefficient (Wildman–Crippen LogP) is 1.90. The summed E-state index contributed by atoms with van der Waals surface area (Å²) >= 11 is 5.37. The van der Waals surface area contributed by atoms with Crippen molar-refractivity contribution in [2.24, 2.45) is 0 Å². The monoisotopic (exact) mass is 254 g/mol. The molecule has 0 heterocycles. The zero-order chi connectivity index (χ0) is 13.0. The van der Waals surface area contributed by atoms with Gasteiger partial charge < -0.3 is 4.74 Å². The summed E-state index contributed by atoms with van der Waals surface area (Å²) in [6, 6.07) is 4.09. The van der Waals surface area contributed by atoms with Gasteiger partial charge in [-0.3, -0.25) is 14.9 Å². The first-order chi connectivity index (χ1) is 8.06. The molecule has 0 bridgehead atoms. The van der Waals surface area contributed by atoms with Crippen molar-refractivity contribution in [1.29, 1.82) is 5.26 Å². The van der Waals surface area contributed by atoms with Crippen LogP contribution in [-0.4, -0.2) is 23.7 Å². The summed E-state index contributed by atoms with van der Waals surface area (Å²) in [6.07, 6.45) is 0. The van der Waals surface area contributed by atoms with Crippen LogP contribution in [0.3, 0.4) is 0 Å². The molecule has 1 aromatic rings. The second kappa shape index (κ2) is 5.27. The largest absolute Gasteiger partial charge is 0.495 e. The van der Waals surface area contributed by atoms with Crippen molar-refractivity contribution in [1.82, 2.24) is 0 Å². The number of nitro groups is 1. The Morgan fingerprint density at radius 2 is 2.29 bits per heavy atom. The van der Waals surface area contributed by atoms with Crippen LogP contribution < -0.4 is 4.74 Å². The number of hydrogen-bond acceptors (Lipinski definition) is 5. The van der Waals surface area contributed by atoms with E-state index >= 15 is 0 Å². The molecule has 0 aliphatic carbocycles. The Labute approximate surface area is 102 Å². The third-order valence-electron chi connectivity index (χ3n) is 2.07. The lowest BCUT2D eigenvalue weighted by molar-refractivity contribution is -0.385. The lowest BCUT2D eigenvalue weighted by Crippen LogP contribution is -2.09. The Bertz CT molecular complexity index is 522. The van der Waals surface area contributed by atoms with Gasteiger partial charge in [0, 0.05) is 6.07 Å². The summed E-state index contributed by atoms with van der Waals surface area (Å²) < 4.78 is 4.87. The Morgan fingerprint density at radius 3 is 2.71 bits per heavy atom. The van der Waals surface area contributed by atoms with Gasteiger partial charge >= 0.3 is 0 Å². The van der Waals surface area contributed by atoms with E-state index in [4.69, 9.17) is 21.6 Å². The average Bonchev–Trinajstić information content (AvgIpc) is 2.35. The van der Waals surface area contributed by atoms with E-state index in [2.05, 4.69) is 0 Å². The lowest BCUT2D eigenvalue weighted by Gasteiger charge is -2.07. The van der Waals surface area contributed by atoms with E-state index in [1.807, 2.05) is 0 Å². The molecule has 0 amide bonds. The first-order valence-electron chi connectivity index (χ1n) is 4.41. The standard InChI is InChI=1S/C10H7ClN2O4/c1-17-9-3-2-7(13(15)16)10(6(9)5-12)8(14)4-11/h2-3H,4H2,1H3. The van der Waals surface area contributed by atoms with E-state index in [-0.39, 0.29) is 16.9 Å². The van der Waals surface area contributed by atoms with Gasteiger partial charge in [0.2, 0.25) is 0 Å². The molecule has 0 saturated heterocycles. The molecule has 88 valence electrons. The van der Waals surface area contributed by atoms with Crippen LogP contribution >= 0.6 is 11.6 Å². The van der Waals surface area contributed by atoms with Crippen molar-refractivity contribution in [2.75, 3.05) is 13.0 Å². The van der Waals surface area contributed by atoms with Crippen LogP contribution in [0.25, 0.3) is 0 Å². The topological polar surface area (TPSA) is 93.2 Å². The van der Waals surface area contributed by atoms with Gasteiger partial charge in [-0.25, -0.2) is 0 Å². The summed E-state index contributed by atoms with van der Waals surface area (Å²) in [6.45, 7) is 0. The summed E-state index contributed by atoms with van der Waals surface area (Å²) in [4.78, 5) is 21.6. The summed E-state index contributed by atoms with van der Waals surface area (Å²) in [5.74, 6) is -1.02. The van der Waals surface area contributed by atoms with E-state index < -0.39 is 22.3 Å². The first kappa shape index (κ1) is 12.9. The highest BCUT2D eigenvalue weighted by Gasteiger charge is 2.26. The van der Waals surface area contributed by atoms with Crippen molar-refractivity contribution < 1.29 is 14.5 Å². The SMILES string of the molecule is COc1ccc([N+](=O)[O-])c(C(=O)CCl)c1C#N. The van der Waals surface area contributed by atoms with Crippen LogP contribution in [0.2, 0.25) is 0 Å². The highest BCUT2D eigenvalue weighted by molar-refractivity contribution is 6.31. The number of rotatable bonds is 4. The van der Waals surface area contributed by atoms with Crippen molar-refractivity contribution in [3.05, 3.63) is 33.4 Å². The second-order valence-corrected chi connectivity index (χ2v) is 3.23. The van der Waals surface area contributed by atoms with Crippen LogP contribution in [0.15, 0.2) is 12.1 Å². The minimum absolute atomic E-state index is 0.103. The van der Waals surface area contributed by atoms with Crippen molar-refractivity contribution >= 4 is 23.1 Å². The number of hydrogen-bond donors (Lipinski definition) is 0. The highest BCUT2D eigenvalue weighted by atomic mass is 35.5. The van der Waals surface area contributed by atoms with E-state index in [0.29, 0.717) is 0 Å². The van der Waals surface area contributed by atoms with Gasteiger partial charge in [0.25, 0.3) is 5.69 Å². The van der Waals surface area contributed by atoms with Crippen LogP contribution in [-0.2, 0) is 0 Å². The summed E-state index contributed by atoms with van der Waals surface area (Å²) in [5.41, 5.74) is -0.938. The minimum atomic E-state index is -0.736. The fraction of sp³-hybridized carbons (Fsp3) is 0.200. The predicted molar refractivity (Wildman–Crippen MR) is 59.4 cm³/mol. The number of benzene rings is 1. The molecule has 0 saturated carbocycles. The molecule has 0 N–H and O–H groups in total. The molecule has 0 fully saturated rings. The van der Waals surface area contributed by atoms with Gasteiger partial charge in [0.05, 0.1) is 17.9 Å². The third-order valence-corrected chi connectivity index (χ3v) is 2.32. The maximum absolute atomic E-state index is 11.5. The number of nitrogens with zero attached hydrogens (tertiary/aromatic N) is 2. The van der Waals surface area contributed by atoms with E-state index in [1.165, 1.54) is 13.2 Å². The van der Waals surface area contributed by atoms with Crippen molar-refractivity contribution in [3.63, 3.8) is 0 Å². The molecular formula is C10H7ClN2O4. The molecule has 0 aliphatic heterocycles. The van der Waals surface area contributed by atoms with E-state index in [9.17, 15) is 14.9 Å². The normalized spacial score (nSPS) is 9.47. The van der Waals surface area contributed by atoms with Gasteiger partial charge in [-0.15, -0.1) is 11.6 Å². The Morgan fingerprint density at radius 1 is 1.65 bits per heavy atom. The zero-order valence-electron chi connectivity index (χ0n) is 8.77. The molecule has 7 heteroatoms. The number of carbonyl (C=O) groups excluding carboxylic acids is 1. The molecule has 0 aliphatic rings. The van der Waals surface area contributed by atoms with Gasteiger partial charge in [0.15, 0.2) is 5.78 Å². The van der Waals surface area contributed by atoms with Crippen LogP contribution in [0.4, 0.5) is 5.69 Å². The Hall–Kier alpha value is -2.13. The van der Waals surface area contributed by atoms with Crippen LogP contribution in [0.5, 0.6) is 5.75 Å². The molecule has 0 atom stereocenters. The molecule has 0 aromatic heterocycles. The van der Waals surface area contributed by atoms with Gasteiger partial charge in [-0.05, 0) is 6.07 Å². The molecule has 0 radical (unpaired) electrons. The smallest absolute Gasteiger partial charge is 0.281 e. The number of ketones is 1. The zero-order valence-corrected chi connectivity index (χ0v) is 9.52. The fourth-order valence-electron chi connectivity index (χ4n) is 1.35. The van der Waals surface area contributed by atoms with Gasteiger partial charge in [-0.2, -0.15) is 5.26 Å². The molecule has 0 unspecified atom stereocenters. The number of halogens is 1. The maximum atomic E-state index is 11.5. The van der Waals surface area contributed by atoms with Crippen LogP contribution in [0.1, 0.15) is 15.9 Å². The Kier molecular flexibility index (Phi) is 4.01. The summed E-state index contributed by atoms with van der Waals surface area (Å²) in [5, 5.41) is 19.7.